The van der Waals surface area contributed by atoms with E-state index in [0.29, 0.717) is 0 Å². The minimum absolute atomic E-state index is 0.847. The Morgan fingerprint density at radius 2 is 2.06 bits per heavy atom. The molecule has 3 nitrogen and oxygen atoms in total. The van der Waals surface area contributed by atoms with Crippen molar-refractivity contribution in [1.29, 1.82) is 0 Å². The van der Waals surface area contributed by atoms with Crippen LogP contribution in [0.15, 0.2) is 42.7 Å². The standard InChI is InChI=1S/C15H21N3/c1-2-11-18-12-10-17-15(18)13-16-9-8-14-6-4-3-5-7-14/h3-7,10,12,16H,2,8-9,11,13H2,1H3. The molecule has 0 unspecified atom stereocenters. The zero-order valence-electron chi connectivity index (χ0n) is 11.0. The highest BCUT2D eigenvalue weighted by Gasteiger charge is 2.00. The number of hydrogen-bond donors (Lipinski definition) is 1. The first-order valence-electron chi connectivity index (χ1n) is 6.65. The van der Waals surface area contributed by atoms with E-state index in [4.69, 9.17) is 0 Å². The fourth-order valence-electron chi connectivity index (χ4n) is 2.03. The number of nitrogens with zero attached hydrogens (tertiary/aromatic N) is 2. The van der Waals surface area contributed by atoms with Gasteiger partial charge in [0.05, 0.1) is 6.54 Å². The third-order valence-corrected chi connectivity index (χ3v) is 2.98. The molecule has 0 amide bonds. The Morgan fingerprint density at radius 1 is 1.22 bits per heavy atom. The number of benzene rings is 1. The highest BCUT2D eigenvalue weighted by Crippen LogP contribution is 2.00. The summed E-state index contributed by atoms with van der Waals surface area (Å²) in [4.78, 5) is 4.38. The lowest BCUT2D eigenvalue weighted by Crippen LogP contribution is -2.19. The van der Waals surface area contributed by atoms with Gasteiger partial charge in [0.2, 0.25) is 0 Å². The second-order valence-electron chi connectivity index (χ2n) is 4.45. The van der Waals surface area contributed by atoms with E-state index in [1.165, 1.54) is 5.56 Å². The van der Waals surface area contributed by atoms with Gasteiger partial charge in [-0.3, -0.25) is 0 Å². The Balaban J connectivity index is 1.73. The maximum absolute atomic E-state index is 4.38. The lowest BCUT2D eigenvalue weighted by molar-refractivity contribution is 0.589. The van der Waals surface area contributed by atoms with E-state index in [1.54, 1.807) is 0 Å². The SMILES string of the molecule is CCCn1ccnc1CNCCc1ccccc1. The Kier molecular flexibility index (Phi) is 4.97. The highest BCUT2D eigenvalue weighted by molar-refractivity contribution is 5.14. The molecule has 3 heteroatoms. The topological polar surface area (TPSA) is 29.9 Å². The molecule has 0 spiro atoms. The van der Waals surface area contributed by atoms with E-state index in [1.807, 2.05) is 6.20 Å². The van der Waals surface area contributed by atoms with Gasteiger partial charge < -0.3 is 9.88 Å². The molecule has 96 valence electrons. The van der Waals surface area contributed by atoms with Crippen LogP contribution in [-0.2, 0) is 19.5 Å². The van der Waals surface area contributed by atoms with E-state index < -0.39 is 0 Å². The van der Waals surface area contributed by atoms with E-state index in [-0.39, 0.29) is 0 Å². The molecule has 0 bridgehead atoms. The molecule has 0 atom stereocenters. The molecule has 2 rings (SSSR count). The first-order chi connectivity index (χ1) is 8.90. The third kappa shape index (κ3) is 3.70. The van der Waals surface area contributed by atoms with Crippen LogP contribution in [0.4, 0.5) is 0 Å². The van der Waals surface area contributed by atoms with Crippen molar-refractivity contribution in [2.75, 3.05) is 6.54 Å². The van der Waals surface area contributed by atoms with Crippen molar-refractivity contribution in [3.05, 3.63) is 54.1 Å². The van der Waals surface area contributed by atoms with Gasteiger partial charge in [-0.2, -0.15) is 0 Å². The minimum Gasteiger partial charge on any atom is -0.334 e. The van der Waals surface area contributed by atoms with Crippen molar-refractivity contribution in [2.45, 2.75) is 32.9 Å². The lowest BCUT2D eigenvalue weighted by atomic mass is 10.1. The summed E-state index contributed by atoms with van der Waals surface area (Å²) < 4.78 is 2.22. The molecular weight excluding hydrogens is 222 g/mol. The molecule has 0 aliphatic rings. The number of aromatic nitrogens is 2. The smallest absolute Gasteiger partial charge is 0.122 e. The van der Waals surface area contributed by atoms with Gasteiger partial charge in [0.15, 0.2) is 0 Å². The van der Waals surface area contributed by atoms with E-state index >= 15 is 0 Å². The van der Waals surface area contributed by atoms with Gasteiger partial charge in [-0.25, -0.2) is 4.98 Å². The van der Waals surface area contributed by atoms with Crippen molar-refractivity contribution in [3.63, 3.8) is 0 Å². The predicted octanol–water partition coefficient (Wildman–Crippen LogP) is 2.63. The summed E-state index contributed by atoms with van der Waals surface area (Å²) in [5.41, 5.74) is 1.38. The van der Waals surface area contributed by atoms with Gasteiger partial charge in [0.1, 0.15) is 5.82 Å². The molecule has 1 heterocycles. The third-order valence-electron chi connectivity index (χ3n) is 2.98. The quantitative estimate of drug-likeness (QED) is 0.758. The molecule has 0 saturated carbocycles. The lowest BCUT2D eigenvalue weighted by Gasteiger charge is -2.07. The Hall–Kier alpha value is -1.61. The molecule has 2 aromatic rings. The minimum atomic E-state index is 0.847. The molecule has 0 fully saturated rings. The van der Waals surface area contributed by atoms with Crippen LogP contribution >= 0.6 is 0 Å². The maximum Gasteiger partial charge on any atom is 0.122 e. The molecule has 0 aliphatic carbocycles. The van der Waals surface area contributed by atoms with Crippen molar-refractivity contribution >= 4 is 0 Å². The van der Waals surface area contributed by atoms with Crippen molar-refractivity contribution in [3.8, 4) is 0 Å². The molecular formula is C15H21N3. The van der Waals surface area contributed by atoms with Gasteiger partial charge in [-0.15, -0.1) is 0 Å². The zero-order chi connectivity index (χ0) is 12.6. The molecule has 1 aromatic heterocycles. The molecule has 0 saturated heterocycles. The van der Waals surface area contributed by atoms with Crippen molar-refractivity contribution < 1.29 is 0 Å². The van der Waals surface area contributed by atoms with Gasteiger partial charge in [-0.1, -0.05) is 37.3 Å². The van der Waals surface area contributed by atoms with Crippen LogP contribution in [0.2, 0.25) is 0 Å². The summed E-state index contributed by atoms with van der Waals surface area (Å²) in [5, 5.41) is 3.45. The maximum atomic E-state index is 4.38. The summed E-state index contributed by atoms with van der Waals surface area (Å²) >= 11 is 0. The van der Waals surface area contributed by atoms with Crippen molar-refractivity contribution in [1.82, 2.24) is 14.9 Å². The summed E-state index contributed by atoms with van der Waals surface area (Å²) in [6, 6.07) is 10.6. The monoisotopic (exact) mass is 243 g/mol. The number of nitrogens with one attached hydrogen (secondary N) is 1. The Labute approximate surface area is 109 Å². The largest absolute Gasteiger partial charge is 0.334 e. The molecule has 0 aliphatic heterocycles. The van der Waals surface area contributed by atoms with Crippen LogP contribution in [0.5, 0.6) is 0 Å². The predicted molar refractivity (Wildman–Crippen MR) is 74.4 cm³/mol. The van der Waals surface area contributed by atoms with E-state index in [0.717, 1.165) is 38.3 Å². The van der Waals surface area contributed by atoms with Gasteiger partial charge in [-0.05, 0) is 24.9 Å². The van der Waals surface area contributed by atoms with Crippen LogP contribution in [0.3, 0.4) is 0 Å². The molecule has 1 N–H and O–H groups in total. The first kappa shape index (κ1) is 12.8. The summed E-state index contributed by atoms with van der Waals surface area (Å²) in [5.74, 6) is 1.13. The molecule has 0 radical (unpaired) electrons. The Bertz CT molecular complexity index is 448. The normalized spacial score (nSPS) is 10.7. The number of hydrogen-bond acceptors (Lipinski definition) is 2. The first-order valence-corrected chi connectivity index (χ1v) is 6.65. The second-order valence-corrected chi connectivity index (χ2v) is 4.45. The number of aryl methyl sites for hydroxylation is 1. The van der Waals surface area contributed by atoms with Crippen molar-refractivity contribution in [2.24, 2.45) is 0 Å². The summed E-state index contributed by atoms with van der Waals surface area (Å²) in [6.45, 7) is 5.07. The fourth-order valence-corrected chi connectivity index (χ4v) is 2.03. The van der Waals surface area contributed by atoms with Gasteiger partial charge in [0.25, 0.3) is 0 Å². The average molecular weight is 243 g/mol. The van der Waals surface area contributed by atoms with Gasteiger partial charge >= 0.3 is 0 Å². The van der Waals surface area contributed by atoms with E-state index in [9.17, 15) is 0 Å². The fraction of sp³-hybridized carbons (Fsp3) is 0.400. The molecule has 1 aromatic carbocycles. The highest BCUT2D eigenvalue weighted by atomic mass is 15.1. The number of rotatable bonds is 7. The van der Waals surface area contributed by atoms with Crippen LogP contribution in [-0.4, -0.2) is 16.1 Å². The van der Waals surface area contributed by atoms with Crippen LogP contribution < -0.4 is 5.32 Å². The van der Waals surface area contributed by atoms with Crippen LogP contribution in [0, 0.1) is 0 Å². The number of imidazole rings is 1. The summed E-state index contributed by atoms with van der Waals surface area (Å²) in [7, 11) is 0. The van der Waals surface area contributed by atoms with Gasteiger partial charge in [0, 0.05) is 18.9 Å². The Morgan fingerprint density at radius 3 is 2.83 bits per heavy atom. The average Bonchev–Trinajstić information content (AvgIpc) is 2.84. The van der Waals surface area contributed by atoms with E-state index in [2.05, 4.69) is 58.3 Å². The second kappa shape index (κ2) is 6.97. The molecule has 18 heavy (non-hydrogen) atoms. The zero-order valence-corrected chi connectivity index (χ0v) is 11.0. The summed E-state index contributed by atoms with van der Waals surface area (Å²) in [6.07, 6.45) is 6.14. The van der Waals surface area contributed by atoms with Crippen LogP contribution in [0.1, 0.15) is 24.7 Å². The van der Waals surface area contributed by atoms with Crippen LogP contribution in [0.25, 0.3) is 0 Å².